The molecule has 0 fully saturated rings. The van der Waals surface area contributed by atoms with Gasteiger partial charge in [0.05, 0.1) is 0 Å². The van der Waals surface area contributed by atoms with Crippen molar-refractivity contribution in [3.8, 4) is 0 Å². The van der Waals surface area contributed by atoms with Crippen LogP contribution in [0, 0.1) is 0 Å². The molecule has 1 aromatic carbocycles. The molecule has 0 aromatic heterocycles. The highest BCUT2D eigenvalue weighted by Crippen LogP contribution is 2.48. The lowest BCUT2D eigenvalue weighted by atomic mass is 9.97. The summed E-state index contributed by atoms with van der Waals surface area (Å²) in [5.41, 5.74) is 3.09. The van der Waals surface area contributed by atoms with Gasteiger partial charge in [-0.05, 0) is 29.7 Å². The second kappa shape index (κ2) is 2.23. The molecule has 0 radical (unpaired) electrons. The van der Waals surface area contributed by atoms with Crippen LogP contribution in [0.25, 0.3) is 0 Å². The molecule has 0 amide bonds. The molecule has 3 rings (SSSR count). The molecule has 2 bridgehead atoms. The summed E-state index contributed by atoms with van der Waals surface area (Å²) in [6.07, 6.45) is 6.01. The Labute approximate surface area is 80.4 Å². The predicted molar refractivity (Wildman–Crippen MR) is 53.4 cm³/mol. The third-order valence-electron chi connectivity index (χ3n) is 2.93. The highest BCUT2D eigenvalue weighted by molar-refractivity contribution is 9.10. The van der Waals surface area contributed by atoms with Crippen LogP contribution >= 0.6 is 15.9 Å². The molecule has 0 saturated heterocycles. The van der Waals surface area contributed by atoms with Crippen LogP contribution in [0.15, 0.2) is 34.8 Å². The van der Waals surface area contributed by atoms with Crippen molar-refractivity contribution in [2.45, 2.75) is 18.3 Å². The van der Waals surface area contributed by atoms with E-state index in [4.69, 9.17) is 0 Å². The molecule has 2 aliphatic carbocycles. The largest absolute Gasteiger partial charge is 0.0804 e. The number of fused-ring (bicyclic) bond motifs is 5. The van der Waals surface area contributed by atoms with E-state index in [0.717, 1.165) is 5.92 Å². The minimum absolute atomic E-state index is 0.711. The average Bonchev–Trinajstić information content (AvgIpc) is 2.63. The van der Waals surface area contributed by atoms with E-state index in [1.54, 1.807) is 5.56 Å². The first-order chi connectivity index (χ1) is 5.84. The van der Waals surface area contributed by atoms with E-state index < -0.39 is 0 Å². The first-order valence-corrected chi connectivity index (χ1v) is 5.11. The maximum atomic E-state index is 3.51. The van der Waals surface area contributed by atoms with Crippen LogP contribution in [-0.4, -0.2) is 0 Å². The van der Waals surface area contributed by atoms with Gasteiger partial charge in [0, 0.05) is 16.3 Å². The van der Waals surface area contributed by atoms with Gasteiger partial charge in [-0.25, -0.2) is 0 Å². The van der Waals surface area contributed by atoms with Crippen LogP contribution in [0.2, 0.25) is 0 Å². The number of allylic oxidation sites excluding steroid dienone is 2. The summed E-state index contributed by atoms with van der Waals surface area (Å²) in [5.74, 6) is 1.43. The van der Waals surface area contributed by atoms with Crippen molar-refractivity contribution in [3.05, 3.63) is 46.0 Å². The Morgan fingerprint density at radius 3 is 2.67 bits per heavy atom. The van der Waals surface area contributed by atoms with Crippen molar-refractivity contribution in [2.75, 3.05) is 0 Å². The zero-order valence-corrected chi connectivity index (χ0v) is 8.21. The summed E-state index contributed by atoms with van der Waals surface area (Å²) in [6.45, 7) is 0. The van der Waals surface area contributed by atoms with Crippen molar-refractivity contribution >= 4 is 15.9 Å². The second-order valence-corrected chi connectivity index (χ2v) is 4.52. The Kier molecular flexibility index (Phi) is 1.28. The summed E-state index contributed by atoms with van der Waals surface area (Å²) in [7, 11) is 0. The molecule has 2 atom stereocenters. The maximum Gasteiger partial charge on any atom is 0.0178 e. The predicted octanol–water partition coefficient (Wildman–Crippen LogP) is 3.59. The topological polar surface area (TPSA) is 0 Å². The van der Waals surface area contributed by atoms with Crippen molar-refractivity contribution in [1.82, 2.24) is 0 Å². The fourth-order valence-corrected chi connectivity index (χ4v) is 2.74. The smallest absolute Gasteiger partial charge is 0.0178 e. The van der Waals surface area contributed by atoms with Gasteiger partial charge in [-0.3, -0.25) is 0 Å². The zero-order valence-electron chi connectivity index (χ0n) is 6.63. The number of hydrogen-bond donors (Lipinski definition) is 0. The SMILES string of the molecule is Brc1ccc2c(c1)[C@H]1C=C[C@H]2C1. The Morgan fingerprint density at radius 1 is 1.08 bits per heavy atom. The molecule has 12 heavy (non-hydrogen) atoms. The quantitative estimate of drug-likeness (QED) is 0.587. The Bertz CT molecular complexity index is 365. The van der Waals surface area contributed by atoms with Gasteiger partial charge < -0.3 is 0 Å². The summed E-state index contributed by atoms with van der Waals surface area (Å²) in [6, 6.07) is 6.67. The van der Waals surface area contributed by atoms with Crippen LogP contribution in [0.4, 0.5) is 0 Å². The standard InChI is InChI=1S/C11H9Br/c12-9-3-4-10-7-1-2-8(5-7)11(10)6-9/h1-4,6-8H,5H2/t7-,8-/m0/s1. The lowest BCUT2D eigenvalue weighted by molar-refractivity contribution is 0.804. The Morgan fingerprint density at radius 2 is 1.83 bits per heavy atom. The van der Waals surface area contributed by atoms with E-state index in [1.807, 2.05) is 0 Å². The minimum atomic E-state index is 0.711. The van der Waals surface area contributed by atoms with E-state index in [-0.39, 0.29) is 0 Å². The van der Waals surface area contributed by atoms with Crippen LogP contribution < -0.4 is 0 Å². The summed E-state index contributed by atoms with van der Waals surface area (Å²) >= 11 is 3.51. The van der Waals surface area contributed by atoms with Crippen LogP contribution in [0.1, 0.15) is 29.4 Å². The lowest BCUT2D eigenvalue weighted by Gasteiger charge is -2.09. The van der Waals surface area contributed by atoms with Gasteiger partial charge in [-0.15, -0.1) is 0 Å². The van der Waals surface area contributed by atoms with Crippen LogP contribution in [0.3, 0.4) is 0 Å². The van der Waals surface area contributed by atoms with Gasteiger partial charge in [0.25, 0.3) is 0 Å². The molecule has 0 spiro atoms. The maximum absolute atomic E-state index is 3.51. The highest BCUT2D eigenvalue weighted by Gasteiger charge is 2.32. The third kappa shape index (κ3) is 0.776. The Balaban J connectivity index is 2.24. The van der Waals surface area contributed by atoms with Gasteiger partial charge in [0.1, 0.15) is 0 Å². The molecular formula is C11H9Br. The molecule has 60 valence electrons. The molecule has 0 nitrogen and oxygen atoms in total. The van der Waals surface area contributed by atoms with Gasteiger partial charge in [-0.1, -0.05) is 34.1 Å². The van der Waals surface area contributed by atoms with Crippen LogP contribution in [0.5, 0.6) is 0 Å². The van der Waals surface area contributed by atoms with E-state index in [2.05, 4.69) is 46.3 Å². The Hall–Kier alpha value is -0.560. The highest BCUT2D eigenvalue weighted by atomic mass is 79.9. The number of hydrogen-bond acceptors (Lipinski definition) is 0. The molecule has 0 saturated carbocycles. The van der Waals surface area contributed by atoms with E-state index in [0.29, 0.717) is 5.92 Å². The summed E-state index contributed by atoms with van der Waals surface area (Å²) < 4.78 is 1.21. The number of halogens is 1. The molecule has 0 heterocycles. The lowest BCUT2D eigenvalue weighted by Crippen LogP contribution is -1.91. The average molecular weight is 221 g/mol. The minimum Gasteiger partial charge on any atom is -0.0804 e. The monoisotopic (exact) mass is 220 g/mol. The molecule has 2 aliphatic rings. The first kappa shape index (κ1) is 6.90. The van der Waals surface area contributed by atoms with E-state index in [9.17, 15) is 0 Å². The molecule has 0 unspecified atom stereocenters. The molecular weight excluding hydrogens is 212 g/mol. The second-order valence-electron chi connectivity index (χ2n) is 3.61. The molecule has 1 aromatic rings. The van der Waals surface area contributed by atoms with Crippen molar-refractivity contribution in [1.29, 1.82) is 0 Å². The summed E-state index contributed by atoms with van der Waals surface area (Å²) in [4.78, 5) is 0. The fraction of sp³-hybridized carbons (Fsp3) is 0.273. The van der Waals surface area contributed by atoms with E-state index >= 15 is 0 Å². The fourth-order valence-electron chi connectivity index (χ4n) is 2.36. The van der Waals surface area contributed by atoms with Crippen molar-refractivity contribution < 1.29 is 0 Å². The number of benzene rings is 1. The van der Waals surface area contributed by atoms with Gasteiger partial charge in [0.15, 0.2) is 0 Å². The van der Waals surface area contributed by atoms with E-state index in [1.165, 1.54) is 16.5 Å². The van der Waals surface area contributed by atoms with Crippen molar-refractivity contribution in [2.24, 2.45) is 0 Å². The zero-order chi connectivity index (χ0) is 8.13. The van der Waals surface area contributed by atoms with Gasteiger partial charge in [0.2, 0.25) is 0 Å². The first-order valence-electron chi connectivity index (χ1n) is 4.32. The molecule has 0 aliphatic heterocycles. The van der Waals surface area contributed by atoms with Gasteiger partial charge >= 0.3 is 0 Å². The van der Waals surface area contributed by atoms with Crippen LogP contribution in [-0.2, 0) is 0 Å². The molecule has 1 heteroatoms. The van der Waals surface area contributed by atoms with Crippen molar-refractivity contribution in [3.63, 3.8) is 0 Å². The molecule has 0 N–H and O–H groups in total. The third-order valence-corrected chi connectivity index (χ3v) is 3.42. The van der Waals surface area contributed by atoms with Gasteiger partial charge in [-0.2, -0.15) is 0 Å². The summed E-state index contributed by atoms with van der Waals surface area (Å²) in [5, 5.41) is 0. The number of rotatable bonds is 0. The normalized spacial score (nSPS) is 29.4.